The van der Waals surface area contributed by atoms with Crippen LogP contribution in [0.15, 0.2) is 40.6 Å². The Balaban J connectivity index is 1.67. The van der Waals surface area contributed by atoms with Crippen LogP contribution in [-0.4, -0.2) is 21.3 Å². The van der Waals surface area contributed by atoms with Gasteiger partial charge in [0.15, 0.2) is 10.6 Å². The number of ether oxygens (including phenoxy) is 3. The van der Waals surface area contributed by atoms with Crippen molar-refractivity contribution in [2.45, 2.75) is 11.5 Å². The Bertz CT molecular complexity index is 763. The zero-order valence-corrected chi connectivity index (χ0v) is 12.8. The lowest BCUT2D eigenvalue weighted by molar-refractivity contribution is 0.102. The lowest BCUT2D eigenvalue weighted by Crippen LogP contribution is -2.32. The van der Waals surface area contributed by atoms with E-state index in [1.807, 2.05) is 10.8 Å². The van der Waals surface area contributed by atoms with E-state index in [1.54, 1.807) is 24.3 Å². The molecule has 1 amide bonds. The number of carbonyl (C=O) groups excluding carboxylic acids is 1. The largest absolute Gasteiger partial charge is 0.455 e. The maximum Gasteiger partial charge on any atom is 0.421 e. The summed E-state index contributed by atoms with van der Waals surface area (Å²) in [5.74, 6) is 0.162. The predicted octanol–water partition coefficient (Wildman–Crippen LogP) is 2.09. The molecule has 2 bridgehead atoms. The fraction of sp³-hybridized carbons (Fsp3) is 0.154. The van der Waals surface area contributed by atoms with Gasteiger partial charge in [-0.05, 0) is 5.56 Å². The first-order valence-corrected chi connectivity index (χ1v) is 8.53. The van der Waals surface area contributed by atoms with E-state index in [2.05, 4.69) is 0 Å². The van der Waals surface area contributed by atoms with Crippen molar-refractivity contribution < 1.29 is 27.4 Å². The van der Waals surface area contributed by atoms with E-state index in [4.69, 9.17) is 14.2 Å². The molecule has 0 saturated carbocycles. The van der Waals surface area contributed by atoms with Crippen LogP contribution in [0, 0.1) is 0 Å². The highest BCUT2D eigenvalue weighted by Gasteiger charge is 2.32. The van der Waals surface area contributed by atoms with Crippen LogP contribution in [0.5, 0.6) is 10.8 Å². The van der Waals surface area contributed by atoms with Crippen LogP contribution in [0.1, 0.15) is 5.56 Å². The number of hydrogen-bond donors (Lipinski definition) is 1. The number of nitrogens with one attached hydrogen (secondary N) is 1. The zero-order valence-electron chi connectivity index (χ0n) is 11.1. The van der Waals surface area contributed by atoms with Gasteiger partial charge >= 0.3 is 6.09 Å². The lowest BCUT2D eigenvalue weighted by Gasteiger charge is -2.15. The molecule has 1 aliphatic heterocycles. The minimum atomic E-state index is -4.11. The Morgan fingerprint density at radius 2 is 2.05 bits per heavy atom. The Labute approximate surface area is 130 Å². The first-order valence-electron chi connectivity index (χ1n) is 6.17. The third-order valence-corrected chi connectivity index (χ3v) is 5.14. The molecule has 2 aromatic rings. The molecule has 1 N–H and O–H groups in total. The number of thiophene rings is 1. The van der Waals surface area contributed by atoms with E-state index in [1.165, 1.54) is 5.38 Å². The van der Waals surface area contributed by atoms with Gasteiger partial charge in [-0.15, -0.1) is 11.3 Å². The molecule has 7 nitrogen and oxygen atoms in total. The first kappa shape index (κ1) is 14.7. The molecule has 0 unspecified atom stereocenters. The second kappa shape index (κ2) is 5.85. The van der Waals surface area contributed by atoms with Gasteiger partial charge < -0.3 is 14.2 Å². The van der Waals surface area contributed by atoms with Crippen molar-refractivity contribution in [3.8, 4) is 10.8 Å². The van der Waals surface area contributed by atoms with E-state index in [-0.39, 0.29) is 29.1 Å². The quantitative estimate of drug-likeness (QED) is 0.916. The summed E-state index contributed by atoms with van der Waals surface area (Å²) in [6, 6.07) is 8.93. The van der Waals surface area contributed by atoms with Crippen molar-refractivity contribution in [1.82, 2.24) is 4.72 Å². The molecule has 9 heteroatoms. The fourth-order valence-electron chi connectivity index (χ4n) is 1.82. The Kier molecular flexibility index (Phi) is 3.90. The summed E-state index contributed by atoms with van der Waals surface area (Å²) in [5, 5.41) is 1.69. The number of sulfonamides is 1. The summed E-state index contributed by atoms with van der Waals surface area (Å²) in [5.41, 5.74) is 0.750. The summed E-state index contributed by atoms with van der Waals surface area (Å²) in [4.78, 5) is 11.5. The Morgan fingerprint density at radius 1 is 1.27 bits per heavy atom. The molecule has 0 atom stereocenters. The SMILES string of the molecule is O=C(NS(=O)(=O)c1c2csc1OCO2)OCc1ccccc1. The van der Waals surface area contributed by atoms with Crippen LogP contribution in [0.3, 0.4) is 0 Å². The predicted molar refractivity (Wildman–Crippen MR) is 77.4 cm³/mol. The van der Waals surface area contributed by atoms with Gasteiger partial charge in [-0.25, -0.2) is 17.9 Å². The molecule has 0 radical (unpaired) electrons. The highest BCUT2D eigenvalue weighted by Crippen LogP contribution is 2.42. The topological polar surface area (TPSA) is 90.9 Å². The molecule has 22 heavy (non-hydrogen) atoms. The molecule has 1 aliphatic rings. The minimum absolute atomic E-state index is 0.0292. The van der Waals surface area contributed by atoms with Gasteiger partial charge in [-0.3, -0.25) is 0 Å². The minimum Gasteiger partial charge on any atom is -0.455 e. The summed E-state index contributed by atoms with van der Waals surface area (Å²) in [7, 11) is -4.11. The Hall–Kier alpha value is -2.26. The maximum absolute atomic E-state index is 12.2. The summed E-state index contributed by atoms with van der Waals surface area (Å²) >= 11 is 1.08. The standard InChI is InChI=1S/C13H11NO6S2/c15-13(18-6-9-4-2-1-3-5-9)14-22(16,17)11-10-7-21-12(11)20-8-19-10/h1-5,7H,6,8H2,(H,14,15). The van der Waals surface area contributed by atoms with Crippen molar-refractivity contribution in [2.24, 2.45) is 0 Å². The third-order valence-electron chi connectivity index (χ3n) is 2.79. The first-order chi connectivity index (χ1) is 10.6. The highest BCUT2D eigenvalue weighted by molar-refractivity contribution is 7.90. The van der Waals surface area contributed by atoms with E-state index in [0.29, 0.717) is 0 Å². The van der Waals surface area contributed by atoms with E-state index < -0.39 is 16.1 Å². The maximum atomic E-state index is 12.2. The van der Waals surface area contributed by atoms with E-state index in [0.717, 1.165) is 16.9 Å². The van der Waals surface area contributed by atoms with Crippen molar-refractivity contribution in [3.63, 3.8) is 0 Å². The molecule has 116 valence electrons. The number of amides is 1. The molecule has 1 aromatic carbocycles. The number of rotatable bonds is 4. The number of hydrogen-bond acceptors (Lipinski definition) is 7. The van der Waals surface area contributed by atoms with Crippen molar-refractivity contribution in [1.29, 1.82) is 0 Å². The van der Waals surface area contributed by atoms with Crippen molar-refractivity contribution in [2.75, 3.05) is 6.79 Å². The molecule has 3 rings (SSSR count). The van der Waals surface area contributed by atoms with Crippen molar-refractivity contribution >= 4 is 27.5 Å². The van der Waals surface area contributed by atoms with Gasteiger partial charge in [0.05, 0.1) is 0 Å². The number of fused-ring (bicyclic) bond motifs is 2. The van der Waals surface area contributed by atoms with Gasteiger partial charge in [0.2, 0.25) is 11.9 Å². The number of carbonyl (C=O) groups is 1. The average molecular weight is 341 g/mol. The van der Waals surface area contributed by atoms with Crippen LogP contribution in [-0.2, 0) is 21.4 Å². The van der Waals surface area contributed by atoms with E-state index >= 15 is 0 Å². The second-order valence-electron chi connectivity index (χ2n) is 4.29. The van der Waals surface area contributed by atoms with Crippen LogP contribution >= 0.6 is 11.3 Å². The average Bonchev–Trinajstić information content (AvgIpc) is 2.78. The second-order valence-corrected chi connectivity index (χ2v) is 6.75. The molecule has 0 saturated heterocycles. The zero-order chi connectivity index (χ0) is 15.6. The summed E-state index contributed by atoms with van der Waals surface area (Å²) in [6.45, 7) is -0.0792. The molecule has 0 spiro atoms. The van der Waals surface area contributed by atoms with Crippen LogP contribution in [0.25, 0.3) is 0 Å². The third kappa shape index (κ3) is 3.00. The Morgan fingerprint density at radius 3 is 2.77 bits per heavy atom. The fourth-order valence-corrected chi connectivity index (χ4v) is 4.13. The molecule has 0 aliphatic carbocycles. The normalized spacial score (nSPS) is 12.9. The van der Waals surface area contributed by atoms with Gasteiger partial charge in [0, 0.05) is 5.38 Å². The van der Waals surface area contributed by atoms with E-state index in [9.17, 15) is 13.2 Å². The number of benzene rings is 1. The van der Waals surface area contributed by atoms with Gasteiger partial charge in [-0.1, -0.05) is 30.3 Å². The van der Waals surface area contributed by atoms with Crippen LogP contribution in [0.2, 0.25) is 0 Å². The lowest BCUT2D eigenvalue weighted by atomic mass is 10.2. The van der Waals surface area contributed by atoms with Crippen LogP contribution < -0.4 is 14.2 Å². The molecular weight excluding hydrogens is 330 g/mol. The summed E-state index contributed by atoms with van der Waals surface area (Å²) in [6.07, 6.45) is -1.06. The molecule has 2 heterocycles. The van der Waals surface area contributed by atoms with Gasteiger partial charge in [0.1, 0.15) is 6.61 Å². The van der Waals surface area contributed by atoms with Gasteiger partial charge in [0.25, 0.3) is 10.0 Å². The molecule has 1 aromatic heterocycles. The summed E-state index contributed by atoms with van der Waals surface area (Å²) < 4.78 is 41.2. The van der Waals surface area contributed by atoms with Gasteiger partial charge in [-0.2, -0.15) is 0 Å². The highest BCUT2D eigenvalue weighted by atomic mass is 32.2. The van der Waals surface area contributed by atoms with Crippen LogP contribution in [0.4, 0.5) is 4.79 Å². The molecular formula is C13H11NO6S2. The smallest absolute Gasteiger partial charge is 0.421 e. The molecule has 0 fully saturated rings. The van der Waals surface area contributed by atoms with Crippen molar-refractivity contribution in [3.05, 3.63) is 41.3 Å². The monoisotopic (exact) mass is 341 g/mol.